The Morgan fingerprint density at radius 3 is 2.86 bits per heavy atom. The van der Waals surface area contributed by atoms with Crippen molar-refractivity contribution in [3.05, 3.63) is 51.8 Å². The number of thiophene rings is 1. The first kappa shape index (κ1) is 25.3. The van der Waals surface area contributed by atoms with Gasteiger partial charge in [-0.1, -0.05) is 18.2 Å². The molecule has 0 bridgehead atoms. The van der Waals surface area contributed by atoms with Crippen molar-refractivity contribution in [2.45, 2.75) is 23.5 Å². The fourth-order valence-electron chi connectivity index (χ4n) is 4.94. The van der Waals surface area contributed by atoms with Gasteiger partial charge >= 0.3 is 0 Å². The summed E-state index contributed by atoms with van der Waals surface area (Å²) in [5, 5.41) is 6.34. The lowest BCUT2D eigenvalue weighted by Crippen LogP contribution is -2.43. The molecule has 0 aliphatic carbocycles. The van der Waals surface area contributed by atoms with Crippen LogP contribution in [0.5, 0.6) is 0 Å². The van der Waals surface area contributed by atoms with Crippen molar-refractivity contribution in [3.8, 4) is 0 Å². The summed E-state index contributed by atoms with van der Waals surface area (Å²) >= 11 is 4.80. The van der Waals surface area contributed by atoms with Crippen LogP contribution in [0.25, 0.3) is 10.8 Å². The lowest BCUT2D eigenvalue weighted by atomic mass is 9.98. The molecule has 3 aromatic rings. The Morgan fingerprint density at radius 2 is 2.11 bits per heavy atom. The average Bonchev–Trinajstić information content (AvgIpc) is 3.51. The Kier molecular flexibility index (Phi) is 7.19. The van der Waals surface area contributed by atoms with Gasteiger partial charge in [0.25, 0.3) is 15.9 Å². The molecule has 1 fully saturated rings. The van der Waals surface area contributed by atoms with Gasteiger partial charge in [0, 0.05) is 59.8 Å². The van der Waals surface area contributed by atoms with E-state index in [4.69, 9.17) is 4.74 Å². The molecule has 5 rings (SSSR count). The van der Waals surface area contributed by atoms with Gasteiger partial charge in [-0.05, 0) is 58.8 Å². The second kappa shape index (κ2) is 10.2. The van der Waals surface area contributed by atoms with E-state index in [1.807, 2.05) is 18.2 Å². The molecule has 0 saturated carbocycles. The van der Waals surface area contributed by atoms with Gasteiger partial charge in [-0.15, -0.1) is 11.3 Å². The predicted molar refractivity (Wildman–Crippen MR) is 144 cm³/mol. The zero-order chi connectivity index (χ0) is 25.4. The van der Waals surface area contributed by atoms with Gasteiger partial charge in [0.1, 0.15) is 4.21 Å². The number of nitrogens with zero attached hydrogens (tertiary/aromatic N) is 2. The molecule has 0 radical (unpaired) electrons. The number of carbonyl (C=O) groups excluding carboxylic acids is 2. The zero-order valence-electron chi connectivity index (χ0n) is 19.7. The Morgan fingerprint density at radius 1 is 1.28 bits per heavy atom. The molecule has 2 aliphatic rings. The number of hydrogen-bond acceptors (Lipinski definition) is 6. The first-order valence-electron chi connectivity index (χ1n) is 11.7. The molecule has 1 N–H and O–H groups in total. The van der Waals surface area contributed by atoms with Gasteiger partial charge in [0.2, 0.25) is 5.91 Å². The average molecular weight is 593 g/mol. The molecular weight excluding hydrogens is 566 g/mol. The number of ether oxygens (including phenoxy) is 1. The van der Waals surface area contributed by atoms with Crippen LogP contribution < -0.4 is 10.2 Å². The van der Waals surface area contributed by atoms with Crippen LogP contribution in [0.4, 0.5) is 11.4 Å². The van der Waals surface area contributed by atoms with Gasteiger partial charge in [-0.25, -0.2) is 8.42 Å². The molecule has 2 aliphatic heterocycles. The molecule has 2 aromatic carbocycles. The minimum absolute atomic E-state index is 0.0717. The molecule has 1 atom stereocenters. The minimum Gasteiger partial charge on any atom is -0.385 e. The second-order valence-corrected chi connectivity index (χ2v) is 12.9. The van der Waals surface area contributed by atoms with E-state index in [1.54, 1.807) is 35.6 Å². The summed E-state index contributed by atoms with van der Waals surface area (Å²) < 4.78 is 33.5. The predicted octanol–water partition coefficient (Wildman–Crippen LogP) is 4.70. The molecule has 190 valence electrons. The molecule has 1 aromatic heterocycles. The number of nitrogens with one attached hydrogen (secondary N) is 1. The Labute approximate surface area is 222 Å². The van der Waals surface area contributed by atoms with Crippen molar-refractivity contribution in [1.82, 2.24) is 4.31 Å². The standard InChI is InChI=1S/C25H26BrN3O5S2/c1-34-12-5-11-29-23-19(26)14-20(17-7-2-8-18(22(17)23)25(29)31)27-24(30)16-6-3-10-28(15-16)36(32,33)21-9-4-13-35-21/h2,4,7-9,13-14,16H,3,5-6,10-12,15H2,1H3,(H,27,30). The van der Waals surface area contributed by atoms with Crippen molar-refractivity contribution < 1.29 is 22.7 Å². The first-order valence-corrected chi connectivity index (χ1v) is 14.8. The largest absolute Gasteiger partial charge is 0.385 e. The Hall–Kier alpha value is -2.31. The van der Waals surface area contributed by atoms with Crippen molar-refractivity contribution in [1.29, 1.82) is 0 Å². The second-order valence-electron chi connectivity index (χ2n) is 8.91. The highest BCUT2D eigenvalue weighted by Gasteiger charge is 2.35. The number of benzene rings is 2. The highest BCUT2D eigenvalue weighted by atomic mass is 79.9. The molecule has 11 heteroatoms. The summed E-state index contributed by atoms with van der Waals surface area (Å²) in [7, 11) is -1.98. The van der Waals surface area contributed by atoms with E-state index in [9.17, 15) is 18.0 Å². The van der Waals surface area contributed by atoms with E-state index in [1.165, 1.54) is 15.6 Å². The van der Waals surface area contributed by atoms with Crippen LogP contribution in [0.15, 0.2) is 50.5 Å². The maximum absolute atomic E-state index is 13.3. The SMILES string of the molecule is COCCCN1C(=O)c2cccc3c(NC(=O)C4CCCN(S(=O)(=O)c5cccs5)C4)cc(Br)c1c23. The lowest BCUT2D eigenvalue weighted by molar-refractivity contribution is -0.120. The third-order valence-electron chi connectivity index (χ3n) is 6.67. The van der Waals surface area contributed by atoms with E-state index in [-0.39, 0.29) is 18.4 Å². The number of carbonyl (C=O) groups is 2. The van der Waals surface area contributed by atoms with E-state index >= 15 is 0 Å². The van der Waals surface area contributed by atoms with Gasteiger partial charge < -0.3 is 15.0 Å². The monoisotopic (exact) mass is 591 g/mol. The van der Waals surface area contributed by atoms with Crippen LogP contribution in [0.3, 0.4) is 0 Å². The maximum Gasteiger partial charge on any atom is 0.259 e. The number of piperidine rings is 1. The van der Waals surface area contributed by atoms with Crippen molar-refractivity contribution in [2.75, 3.05) is 43.6 Å². The topological polar surface area (TPSA) is 96.0 Å². The number of methoxy groups -OCH3 is 1. The molecule has 2 amide bonds. The fourth-order valence-corrected chi connectivity index (χ4v) is 8.25. The van der Waals surface area contributed by atoms with Crippen molar-refractivity contribution >= 4 is 71.3 Å². The number of rotatable bonds is 8. The number of anilines is 2. The molecule has 1 unspecified atom stereocenters. The molecular formula is C25H26BrN3O5S2. The van der Waals surface area contributed by atoms with Crippen molar-refractivity contribution in [3.63, 3.8) is 0 Å². The summed E-state index contributed by atoms with van der Waals surface area (Å²) in [6.07, 6.45) is 1.92. The normalized spacial score (nSPS) is 18.2. The smallest absolute Gasteiger partial charge is 0.259 e. The van der Waals surface area contributed by atoms with Gasteiger partial charge in [-0.2, -0.15) is 4.31 Å². The minimum atomic E-state index is -3.61. The summed E-state index contributed by atoms with van der Waals surface area (Å²) in [6.45, 7) is 1.62. The molecule has 1 saturated heterocycles. The van der Waals surface area contributed by atoms with E-state index < -0.39 is 15.9 Å². The van der Waals surface area contributed by atoms with E-state index in [0.29, 0.717) is 58.9 Å². The molecule has 0 spiro atoms. The highest BCUT2D eigenvalue weighted by molar-refractivity contribution is 9.10. The quantitative estimate of drug-likeness (QED) is 0.383. The lowest BCUT2D eigenvalue weighted by Gasteiger charge is -2.31. The van der Waals surface area contributed by atoms with Crippen LogP contribution in [0, 0.1) is 5.92 Å². The Bertz CT molecular complexity index is 1430. The number of halogens is 1. The number of amides is 2. The zero-order valence-corrected chi connectivity index (χ0v) is 22.9. The summed E-state index contributed by atoms with van der Waals surface area (Å²) in [5.41, 5.74) is 1.99. The maximum atomic E-state index is 13.3. The van der Waals surface area contributed by atoms with Gasteiger partial charge in [0.05, 0.1) is 11.6 Å². The molecule has 36 heavy (non-hydrogen) atoms. The molecule has 8 nitrogen and oxygen atoms in total. The highest BCUT2D eigenvalue weighted by Crippen LogP contribution is 2.45. The summed E-state index contributed by atoms with van der Waals surface area (Å²) in [5.74, 6) is -0.769. The van der Waals surface area contributed by atoms with Crippen LogP contribution in [0.2, 0.25) is 0 Å². The third-order valence-corrected chi connectivity index (χ3v) is 10.5. The Balaban J connectivity index is 1.41. The van der Waals surface area contributed by atoms with Crippen LogP contribution in [-0.2, 0) is 19.6 Å². The fraction of sp³-hybridized carbons (Fsp3) is 0.360. The van der Waals surface area contributed by atoms with Crippen molar-refractivity contribution in [2.24, 2.45) is 5.92 Å². The summed E-state index contributed by atoms with van der Waals surface area (Å²) in [6, 6.07) is 10.6. The van der Waals surface area contributed by atoms with Crippen LogP contribution in [-0.4, -0.2) is 57.9 Å². The first-order chi connectivity index (χ1) is 17.3. The van der Waals surface area contributed by atoms with E-state index in [2.05, 4.69) is 21.2 Å². The third kappa shape index (κ3) is 4.47. The number of sulfonamides is 1. The van der Waals surface area contributed by atoms with Crippen LogP contribution in [0.1, 0.15) is 29.6 Å². The number of hydrogen-bond donors (Lipinski definition) is 1. The van der Waals surface area contributed by atoms with E-state index in [0.717, 1.165) is 16.5 Å². The summed E-state index contributed by atoms with van der Waals surface area (Å²) in [4.78, 5) is 28.2. The van der Waals surface area contributed by atoms with Crippen LogP contribution >= 0.6 is 27.3 Å². The van der Waals surface area contributed by atoms with Gasteiger partial charge in [-0.3, -0.25) is 9.59 Å². The molecule has 3 heterocycles. The van der Waals surface area contributed by atoms with Gasteiger partial charge in [0.15, 0.2) is 0 Å².